The van der Waals surface area contributed by atoms with Crippen LogP contribution in [0.15, 0.2) is 0 Å². The van der Waals surface area contributed by atoms with E-state index in [0.29, 0.717) is 0 Å². The molecule has 2 saturated heterocycles. The van der Waals surface area contributed by atoms with Crippen molar-refractivity contribution in [1.29, 1.82) is 0 Å². The van der Waals surface area contributed by atoms with Gasteiger partial charge < -0.3 is 15.1 Å². The third kappa shape index (κ3) is 4.87. The van der Waals surface area contributed by atoms with Gasteiger partial charge in [0.05, 0.1) is 0 Å². The molecule has 2 unspecified atom stereocenters. The molecule has 18 heavy (non-hydrogen) atoms. The lowest BCUT2D eigenvalue weighted by Gasteiger charge is -2.33. The van der Waals surface area contributed by atoms with Crippen molar-refractivity contribution in [2.24, 2.45) is 5.92 Å². The van der Waals surface area contributed by atoms with Gasteiger partial charge in [-0.05, 0) is 64.8 Å². The number of likely N-dealkylation sites (tertiary alicyclic amines) is 2. The number of nitrogens with zero attached hydrogens (tertiary/aromatic N) is 2. The Kier molecular flexibility index (Phi) is 5.93. The molecule has 3 heteroatoms. The van der Waals surface area contributed by atoms with Crippen molar-refractivity contribution in [3.63, 3.8) is 0 Å². The summed E-state index contributed by atoms with van der Waals surface area (Å²) in [6.45, 7) is 10.0. The maximum absolute atomic E-state index is 3.77. The quantitative estimate of drug-likeness (QED) is 0.806. The first-order chi connectivity index (χ1) is 8.74. The Balaban J connectivity index is 1.60. The molecule has 2 fully saturated rings. The Morgan fingerprint density at radius 3 is 2.61 bits per heavy atom. The van der Waals surface area contributed by atoms with Crippen molar-refractivity contribution >= 4 is 0 Å². The second kappa shape index (κ2) is 7.46. The van der Waals surface area contributed by atoms with Crippen LogP contribution < -0.4 is 5.32 Å². The van der Waals surface area contributed by atoms with Crippen LogP contribution in [0, 0.1) is 5.92 Å². The van der Waals surface area contributed by atoms with Crippen LogP contribution in [-0.4, -0.2) is 62.2 Å². The lowest BCUT2D eigenvalue weighted by molar-refractivity contribution is 0.186. The molecule has 0 amide bonds. The van der Waals surface area contributed by atoms with Gasteiger partial charge in [-0.25, -0.2) is 0 Å². The topological polar surface area (TPSA) is 18.5 Å². The molecule has 0 aromatic rings. The summed E-state index contributed by atoms with van der Waals surface area (Å²) in [7, 11) is 2.24. The average Bonchev–Trinajstić information content (AvgIpc) is 2.38. The number of nitrogens with one attached hydrogen (secondary N) is 1. The maximum atomic E-state index is 3.77. The van der Waals surface area contributed by atoms with E-state index >= 15 is 0 Å². The van der Waals surface area contributed by atoms with Crippen molar-refractivity contribution in [2.75, 3.05) is 46.3 Å². The normalized spacial score (nSPS) is 29.3. The van der Waals surface area contributed by atoms with Gasteiger partial charge in [-0.2, -0.15) is 0 Å². The molecule has 0 spiro atoms. The van der Waals surface area contributed by atoms with E-state index in [1.54, 1.807) is 0 Å². The van der Waals surface area contributed by atoms with Gasteiger partial charge in [-0.3, -0.25) is 0 Å². The van der Waals surface area contributed by atoms with E-state index in [1.807, 2.05) is 0 Å². The third-order valence-electron chi connectivity index (χ3n) is 4.40. The molecule has 2 aliphatic heterocycles. The monoisotopic (exact) mass is 253 g/mol. The lowest BCUT2D eigenvalue weighted by atomic mass is 10.0. The average molecular weight is 253 g/mol. The highest BCUT2D eigenvalue weighted by Gasteiger charge is 2.18. The molecule has 0 bridgehead atoms. The minimum Gasteiger partial charge on any atom is -0.312 e. The van der Waals surface area contributed by atoms with Gasteiger partial charge in [0.1, 0.15) is 0 Å². The molecule has 106 valence electrons. The minimum absolute atomic E-state index is 0.729. The zero-order chi connectivity index (χ0) is 12.8. The molecule has 0 saturated carbocycles. The SMILES string of the molecule is CC(CNC1CCCN(C)C1)CN1CCCCC1. The fraction of sp³-hybridized carbons (Fsp3) is 1.00. The molecule has 2 heterocycles. The van der Waals surface area contributed by atoms with Crippen molar-refractivity contribution in [1.82, 2.24) is 15.1 Å². The van der Waals surface area contributed by atoms with Gasteiger partial charge in [0.15, 0.2) is 0 Å². The summed E-state index contributed by atoms with van der Waals surface area (Å²) < 4.78 is 0. The molecule has 0 aromatic heterocycles. The molecule has 1 N–H and O–H groups in total. The predicted octanol–water partition coefficient (Wildman–Crippen LogP) is 1.79. The van der Waals surface area contributed by atoms with E-state index < -0.39 is 0 Å². The summed E-state index contributed by atoms with van der Waals surface area (Å²) in [5, 5.41) is 3.77. The highest BCUT2D eigenvalue weighted by atomic mass is 15.1. The van der Waals surface area contributed by atoms with Crippen LogP contribution in [0.1, 0.15) is 39.0 Å². The maximum Gasteiger partial charge on any atom is 0.0195 e. The fourth-order valence-electron chi connectivity index (χ4n) is 3.35. The molecule has 2 atom stereocenters. The van der Waals surface area contributed by atoms with E-state index in [1.165, 1.54) is 71.4 Å². The van der Waals surface area contributed by atoms with E-state index in [4.69, 9.17) is 0 Å². The Labute approximate surface area is 113 Å². The molecule has 2 aliphatic rings. The highest BCUT2D eigenvalue weighted by Crippen LogP contribution is 2.12. The first-order valence-corrected chi connectivity index (χ1v) is 7.88. The van der Waals surface area contributed by atoms with Crippen LogP contribution in [0.2, 0.25) is 0 Å². The zero-order valence-electron chi connectivity index (χ0n) is 12.3. The van der Waals surface area contributed by atoms with Crippen molar-refractivity contribution in [3.05, 3.63) is 0 Å². The summed E-state index contributed by atoms with van der Waals surface area (Å²) in [6.07, 6.45) is 6.98. The van der Waals surface area contributed by atoms with Crippen LogP contribution in [0.5, 0.6) is 0 Å². The summed E-state index contributed by atoms with van der Waals surface area (Å²) in [4.78, 5) is 5.11. The van der Waals surface area contributed by atoms with E-state index in [-0.39, 0.29) is 0 Å². The summed E-state index contributed by atoms with van der Waals surface area (Å²) in [6, 6.07) is 0.729. The predicted molar refractivity (Wildman–Crippen MR) is 78.0 cm³/mol. The summed E-state index contributed by atoms with van der Waals surface area (Å²) in [5.41, 5.74) is 0. The third-order valence-corrected chi connectivity index (χ3v) is 4.40. The van der Waals surface area contributed by atoms with E-state index in [9.17, 15) is 0 Å². The van der Waals surface area contributed by atoms with Crippen molar-refractivity contribution in [3.8, 4) is 0 Å². The number of hydrogen-bond donors (Lipinski definition) is 1. The first-order valence-electron chi connectivity index (χ1n) is 7.88. The van der Waals surface area contributed by atoms with Crippen LogP contribution >= 0.6 is 0 Å². The highest BCUT2D eigenvalue weighted by molar-refractivity contribution is 4.77. The molecule has 0 aliphatic carbocycles. The zero-order valence-corrected chi connectivity index (χ0v) is 12.3. The number of piperidine rings is 2. The number of rotatable bonds is 5. The van der Waals surface area contributed by atoms with Crippen LogP contribution in [0.4, 0.5) is 0 Å². The molecular formula is C15H31N3. The lowest BCUT2D eigenvalue weighted by Crippen LogP contribution is -2.46. The molecular weight excluding hydrogens is 222 g/mol. The fourth-order valence-corrected chi connectivity index (χ4v) is 3.35. The Morgan fingerprint density at radius 2 is 1.89 bits per heavy atom. The van der Waals surface area contributed by atoms with E-state index in [0.717, 1.165) is 12.0 Å². The smallest absolute Gasteiger partial charge is 0.0195 e. The van der Waals surface area contributed by atoms with Crippen molar-refractivity contribution in [2.45, 2.75) is 45.1 Å². The molecule has 2 rings (SSSR count). The summed E-state index contributed by atoms with van der Waals surface area (Å²) >= 11 is 0. The van der Waals surface area contributed by atoms with Gasteiger partial charge in [0.2, 0.25) is 0 Å². The first kappa shape index (κ1) is 14.3. The second-order valence-electron chi connectivity index (χ2n) is 6.48. The van der Waals surface area contributed by atoms with Crippen LogP contribution in [-0.2, 0) is 0 Å². The largest absolute Gasteiger partial charge is 0.312 e. The Hall–Kier alpha value is -0.120. The van der Waals surface area contributed by atoms with Gasteiger partial charge in [-0.1, -0.05) is 13.3 Å². The second-order valence-corrected chi connectivity index (χ2v) is 6.48. The van der Waals surface area contributed by atoms with Crippen LogP contribution in [0.25, 0.3) is 0 Å². The standard InChI is InChI=1S/C15H31N3/c1-14(12-18-9-4-3-5-10-18)11-16-15-7-6-8-17(2)13-15/h14-16H,3-13H2,1-2H3. The van der Waals surface area contributed by atoms with E-state index in [2.05, 4.69) is 29.1 Å². The molecule has 0 radical (unpaired) electrons. The van der Waals surface area contributed by atoms with Crippen molar-refractivity contribution < 1.29 is 0 Å². The minimum atomic E-state index is 0.729. The van der Waals surface area contributed by atoms with Gasteiger partial charge in [-0.15, -0.1) is 0 Å². The number of likely N-dealkylation sites (N-methyl/N-ethyl adjacent to an activating group) is 1. The van der Waals surface area contributed by atoms with Gasteiger partial charge >= 0.3 is 0 Å². The Morgan fingerprint density at radius 1 is 1.11 bits per heavy atom. The molecule has 3 nitrogen and oxygen atoms in total. The molecule has 0 aromatic carbocycles. The summed E-state index contributed by atoms with van der Waals surface area (Å²) in [5.74, 6) is 0.787. The van der Waals surface area contributed by atoms with Gasteiger partial charge in [0.25, 0.3) is 0 Å². The Bertz CT molecular complexity index is 226. The number of hydrogen-bond acceptors (Lipinski definition) is 3. The van der Waals surface area contributed by atoms with Gasteiger partial charge in [0, 0.05) is 19.1 Å². The van der Waals surface area contributed by atoms with Crippen LogP contribution in [0.3, 0.4) is 0 Å².